The summed E-state index contributed by atoms with van der Waals surface area (Å²) in [5.41, 5.74) is 1.66. The fraction of sp³-hybridized carbons (Fsp3) is 0.522. The third-order valence-electron chi connectivity index (χ3n) is 5.09. The van der Waals surface area contributed by atoms with Gasteiger partial charge in [-0.05, 0) is 44.4 Å². The van der Waals surface area contributed by atoms with E-state index in [1.165, 1.54) is 16.8 Å². The van der Waals surface area contributed by atoms with Gasteiger partial charge in [0.25, 0.3) is 5.56 Å². The minimum atomic E-state index is -1.71. The van der Waals surface area contributed by atoms with E-state index < -0.39 is 34.3 Å². The van der Waals surface area contributed by atoms with Crippen LogP contribution in [-0.2, 0) is 18.0 Å². The van der Waals surface area contributed by atoms with E-state index in [1.54, 1.807) is 33.0 Å². The van der Waals surface area contributed by atoms with Crippen LogP contribution < -0.4 is 15.6 Å². The molecule has 2 unspecified atom stereocenters. The van der Waals surface area contributed by atoms with Crippen LogP contribution in [-0.4, -0.2) is 36.4 Å². The zero-order valence-electron chi connectivity index (χ0n) is 20.0. The number of nitrogens with zero attached hydrogens (tertiary/aromatic N) is 1. The number of aliphatic hydroxyl groups excluding tert-OH is 2. The number of aromatic nitrogens is 1. The van der Waals surface area contributed by atoms with Crippen molar-refractivity contribution >= 4 is 28.0 Å². The molecule has 0 amide bonds. The van der Waals surface area contributed by atoms with E-state index in [1.807, 2.05) is 27.7 Å². The summed E-state index contributed by atoms with van der Waals surface area (Å²) in [6, 6.07) is 4.69. The van der Waals surface area contributed by atoms with E-state index in [4.69, 9.17) is 0 Å². The van der Waals surface area contributed by atoms with E-state index in [-0.39, 0.29) is 11.2 Å². The highest BCUT2D eigenvalue weighted by atomic mass is 32.2. The fourth-order valence-corrected chi connectivity index (χ4v) is 4.47. The van der Waals surface area contributed by atoms with Gasteiger partial charge in [0, 0.05) is 18.8 Å². The van der Waals surface area contributed by atoms with Crippen LogP contribution in [0.4, 0.5) is 21.5 Å². The Morgan fingerprint density at radius 2 is 1.78 bits per heavy atom. The predicted octanol–water partition coefficient (Wildman–Crippen LogP) is 3.90. The summed E-state index contributed by atoms with van der Waals surface area (Å²) in [7, 11) is -0.145. The molecule has 1 aromatic heterocycles. The lowest BCUT2D eigenvalue weighted by molar-refractivity contribution is 0.0866. The number of pyridine rings is 1. The molecule has 2 aromatic rings. The summed E-state index contributed by atoms with van der Waals surface area (Å²) >= 11 is 0. The van der Waals surface area contributed by atoms with E-state index in [0.717, 1.165) is 5.56 Å². The molecule has 2 atom stereocenters. The van der Waals surface area contributed by atoms with Crippen molar-refractivity contribution < 1.29 is 18.8 Å². The Morgan fingerprint density at radius 3 is 2.28 bits per heavy atom. The topological polar surface area (TPSA) is 104 Å². The van der Waals surface area contributed by atoms with Gasteiger partial charge < -0.3 is 24.8 Å². The van der Waals surface area contributed by atoms with Gasteiger partial charge in [-0.3, -0.25) is 4.79 Å². The highest BCUT2D eigenvalue weighted by Crippen LogP contribution is 2.45. The number of rotatable bonds is 7. The Labute approximate surface area is 192 Å². The molecule has 32 heavy (non-hydrogen) atoms. The monoisotopic (exact) mass is 469 g/mol. The second-order valence-electron chi connectivity index (χ2n) is 7.20. The molecule has 0 aliphatic heterocycles. The lowest BCUT2D eigenvalue weighted by Gasteiger charge is -2.23. The molecule has 1 heterocycles. The van der Waals surface area contributed by atoms with Gasteiger partial charge in [-0.1, -0.05) is 33.8 Å². The third-order valence-corrected chi connectivity index (χ3v) is 6.91. The Kier molecular flexibility index (Phi) is 10.5. The van der Waals surface area contributed by atoms with E-state index in [9.17, 15) is 23.6 Å². The molecule has 1 aliphatic rings. The molecule has 1 aromatic carbocycles. The first-order valence-electron chi connectivity index (χ1n) is 10.9. The van der Waals surface area contributed by atoms with Gasteiger partial charge >= 0.3 is 0 Å². The van der Waals surface area contributed by atoms with Gasteiger partial charge in [0.2, 0.25) is 0 Å². The van der Waals surface area contributed by atoms with Crippen molar-refractivity contribution in [2.45, 2.75) is 65.2 Å². The highest BCUT2D eigenvalue weighted by molar-refractivity contribution is 7.88. The van der Waals surface area contributed by atoms with Crippen LogP contribution in [0.2, 0.25) is 0 Å². The molecule has 0 spiro atoms. The second-order valence-corrected chi connectivity index (χ2v) is 8.76. The maximum absolute atomic E-state index is 14.3. The minimum Gasteiger partial charge on any atom is -0.394 e. The summed E-state index contributed by atoms with van der Waals surface area (Å²) < 4.78 is 30.4. The molecular weight excluding hydrogens is 433 g/mol. The van der Waals surface area contributed by atoms with Crippen LogP contribution in [0.25, 0.3) is 0 Å². The Balaban J connectivity index is 0.00000121. The van der Waals surface area contributed by atoms with Crippen LogP contribution in [0.15, 0.2) is 29.2 Å². The molecule has 3 rings (SSSR count). The Morgan fingerprint density at radius 1 is 1.19 bits per heavy atom. The lowest BCUT2D eigenvalue weighted by Crippen LogP contribution is -2.38. The molecule has 7 nitrogen and oxygen atoms in total. The van der Waals surface area contributed by atoms with Crippen LogP contribution >= 0.6 is 0 Å². The van der Waals surface area contributed by atoms with Crippen LogP contribution in [0, 0.1) is 19.7 Å². The van der Waals surface area contributed by atoms with Crippen molar-refractivity contribution in [1.82, 2.24) is 4.57 Å². The average molecular weight is 470 g/mol. The smallest absolute Gasteiger partial charge is 0.255 e. The van der Waals surface area contributed by atoms with Crippen LogP contribution in [0.5, 0.6) is 0 Å². The number of anilines is 3. The van der Waals surface area contributed by atoms with Crippen molar-refractivity contribution in [3.63, 3.8) is 0 Å². The van der Waals surface area contributed by atoms with Crippen molar-refractivity contribution in [2.24, 2.45) is 7.05 Å². The fourth-order valence-electron chi connectivity index (χ4n) is 3.12. The molecule has 180 valence electrons. The Hall–Kier alpha value is -2.23. The molecule has 4 N–H and O–H groups in total. The zero-order valence-corrected chi connectivity index (χ0v) is 20.8. The van der Waals surface area contributed by atoms with E-state index >= 15 is 0 Å². The molecule has 1 fully saturated rings. The number of aliphatic hydroxyl groups is 2. The summed E-state index contributed by atoms with van der Waals surface area (Å²) in [5.74, 6) is -0.471. The lowest BCUT2D eigenvalue weighted by atomic mass is 10.2. The molecular formula is C23H36FN3O4S. The van der Waals surface area contributed by atoms with Gasteiger partial charge in [0.05, 0.1) is 34.5 Å². The first-order valence-corrected chi connectivity index (χ1v) is 12.1. The second kappa shape index (κ2) is 12.1. The van der Waals surface area contributed by atoms with Crippen molar-refractivity contribution in [3.8, 4) is 0 Å². The van der Waals surface area contributed by atoms with Gasteiger partial charge in [0.1, 0.15) is 16.8 Å². The number of nitrogens with one attached hydrogen (secondary N) is 2. The number of aryl methyl sites for hydroxylation is 2. The van der Waals surface area contributed by atoms with Gasteiger partial charge in [-0.25, -0.2) is 8.60 Å². The predicted molar refractivity (Wildman–Crippen MR) is 130 cm³/mol. The standard InChI is InChI=1S/C19H24FN3O4S.2C2H6/c1-11-4-5-14(13(20)8-11)21-17-12(2)18(26)23(3)9-15(17)22-28(27)19(6-7-19)16(25)10-24;2*1-2/h4-5,8-9,16,21-22,24-25H,6-7,10H2,1-3H3;2*1-2H3. The number of benzene rings is 1. The highest BCUT2D eigenvalue weighted by Gasteiger charge is 2.54. The van der Waals surface area contributed by atoms with Crippen molar-refractivity contribution in [1.29, 1.82) is 0 Å². The summed E-state index contributed by atoms with van der Waals surface area (Å²) in [6.45, 7) is 10.9. The number of hydrogen-bond acceptors (Lipinski definition) is 5. The maximum Gasteiger partial charge on any atom is 0.255 e. The van der Waals surface area contributed by atoms with Gasteiger partial charge in [-0.2, -0.15) is 0 Å². The first kappa shape index (κ1) is 27.8. The van der Waals surface area contributed by atoms with Gasteiger partial charge in [0.15, 0.2) is 0 Å². The molecule has 9 heteroatoms. The molecule has 0 saturated heterocycles. The first-order chi connectivity index (χ1) is 15.2. The Bertz CT molecular complexity index is 990. The number of hydrogen-bond donors (Lipinski definition) is 4. The van der Waals surface area contributed by atoms with Crippen molar-refractivity contribution in [2.75, 3.05) is 16.6 Å². The SMILES string of the molecule is CC.CC.Cc1ccc(Nc2c(NS(=O)C3(C(O)CO)CC3)cn(C)c(=O)c2C)c(F)c1. The molecule has 1 saturated carbocycles. The minimum absolute atomic E-state index is 0.187. The van der Waals surface area contributed by atoms with E-state index in [0.29, 0.717) is 29.8 Å². The van der Waals surface area contributed by atoms with Crippen LogP contribution in [0.1, 0.15) is 51.7 Å². The maximum atomic E-state index is 14.3. The normalized spacial score (nSPS) is 15.3. The van der Waals surface area contributed by atoms with Crippen molar-refractivity contribution in [3.05, 3.63) is 51.7 Å². The molecule has 1 aliphatic carbocycles. The van der Waals surface area contributed by atoms with Gasteiger partial charge in [-0.15, -0.1) is 0 Å². The van der Waals surface area contributed by atoms with E-state index in [2.05, 4.69) is 10.0 Å². The largest absolute Gasteiger partial charge is 0.394 e. The third kappa shape index (κ3) is 5.96. The summed E-state index contributed by atoms with van der Waals surface area (Å²) in [4.78, 5) is 12.4. The molecule has 0 radical (unpaired) electrons. The number of halogens is 1. The zero-order chi connectivity index (χ0) is 24.6. The average Bonchev–Trinajstić information content (AvgIpc) is 3.60. The summed E-state index contributed by atoms with van der Waals surface area (Å²) in [5, 5.41) is 22.2. The summed E-state index contributed by atoms with van der Waals surface area (Å²) in [6.07, 6.45) is 1.38. The molecule has 0 bridgehead atoms. The quantitative estimate of drug-likeness (QED) is 0.492. The van der Waals surface area contributed by atoms with Crippen LogP contribution in [0.3, 0.4) is 0 Å².